The molecule has 1 atom stereocenters. The number of para-hydroxylation sites is 1. The van der Waals surface area contributed by atoms with Gasteiger partial charge in [-0.2, -0.15) is 0 Å². The highest BCUT2D eigenvalue weighted by atomic mass is 35.5. The van der Waals surface area contributed by atoms with Crippen molar-refractivity contribution in [2.24, 2.45) is 0 Å². The Hall–Kier alpha value is -1.02. The average molecular weight is 227 g/mol. The van der Waals surface area contributed by atoms with Gasteiger partial charge in [-0.25, -0.2) is 0 Å². The van der Waals surface area contributed by atoms with Crippen molar-refractivity contribution in [3.63, 3.8) is 0 Å². The molecule has 0 heterocycles. The molecule has 0 saturated heterocycles. The van der Waals surface area contributed by atoms with Crippen LogP contribution in [0.25, 0.3) is 0 Å². The molecule has 0 aliphatic heterocycles. The van der Waals surface area contributed by atoms with Crippen LogP contribution in [-0.2, 0) is 11.2 Å². The fourth-order valence-corrected chi connectivity index (χ4v) is 1.36. The molecule has 0 N–H and O–H groups in total. The Labute approximate surface area is 95.2 Å². The maximum absolute atomic E-state index is 10.8. The quantitative estimate of drug-likeness (QED) is 0.721. The zero-order valence-electron chi connectivity index (χ0n) is 9.00. The molecule has 0 aromatic heterocycles. The molecular formula is C12H15ClO2. The molecule has 0 radical (unpaired) electrons. The van der Waals surface area contributed by atoms with Gasteiger partial charge in [0.25, 0.3) is 0 Å². The smallest absolute Gasteiger partial charge is 0.226 e. The molecule has 0 aliphatic carbocycles. The second-order valence-corrected chi connectivity index (χ2v) is 3.90. The van der Waals surface area contributed by atoms with Crippen LogP contribution in [0, 0.1) is 0 Å². The standard InChI is InChI=1S/C12H15ClO2/c1-3-9(2)15-11-7-5-4-6-10(11)8-12(13)14/h4-7,9H,3,8H2,1-2H3. The van der Waals surface area contributed by atoms with Gasteiger partial charge in [0.1, 0.15) is 5.75 Å². The monoisotopic (exact) mass is 226 g/mol. The van der Waals surface area contributed by atoms with Gasteiger partial charge >= 0.3 is 0 Å². The Morgan fingerprint density at radius 3 is 2.73 bits per heavy atom. The van der Waals surface area contributed by atoms with Gasteiger partial charge in [0.05, 0.1) is 12.5 Å². The number of carbonyl (C=O) groups is 1. The predicted octanol–water partition coefficient (Wildman–Crippen LogP) is 3.17. The second kappa shape index (κ2) is 5.76. The Balaban J connectivity index is 2.81. The summed E-state index contributed by atoms with van der Waals surface area (Å²) in [4.78, 5) is 10.8. The lowest BCUT2D eigenvalue weighted by atomic mass is 10.1. The van der Waals surface area contributed by atoms with Crippen LogP contribution in [-0.4, -0.2) is 11.3 Å². The van der Waals surface area contributed by atoms with Gasteiger partial charge in [0.15, 0.2) is 0 Å². The highest BCUT2D eigenvalue weighted by Gasteiger charge is 2.08. The van der Waals surface area contributed by atoms with Crippen LogP contribution in [0.4, 0.5) is 0 Å². The minimum atomic E-state index is -0.366. The summed E-state index contributed by atoms with van der Waals surface area (Å²) >= 11 is 5.36. The van der Waals surface area contributed by atoms with E-state index in [9.17, 15) is 4.79 Å². The van der Waals surface area contributed by atoms with E-state index in [1.165, 1.54) is 0 Å². The van der Waals surface area contributed by atoms with Gasteiger partial charge in [-0.3, -0.25) is 4.79 Å². The van der Waals surface area contributed by atoms with Crippen LogP contribution in [0.2, 0.25) is 0 Å². The van der Waals surface area contributed by atoms with E-state index in [-0.39, 0.29) is 17.8 Å². The molecule has 1 rings (SSSR count). The summed E-state index contributed by atoms with van der Waals surface area (Å²) in [6.07, 6.45) is 1.30. The van der Waals surface area contributed by atoms with Crippen LogP contribution in [0.3, 0.4) is 0 Å². The van der Waals surface area contributed by atoms with Crippen molar-refractivity contribution in [2.45, 2.75) is 32.8 Å². The molecule has 0 aliphatic rings. The number of carbonyl (C=O) groups excluding carboxylic acids is 1. The molecule has 15 heavy (non-hydrogen) atoms. The fraction of sp³-hybridized carbons (Fsp3) is 0.417. The molecule has 1 unspecified atom stereocenters. The summed E-state index contributed by atoms with van der Waals surface area (Å²) < 4.78 is 5.68. The van der Waals surface area contributed by atoms with E-state index in [1.54, 1.807) is 0 Å². The molecule has 82 valence electrons. The number of rotatable bonds is 5. The molecule has 0 bridgehead atoms. The zero-order chi connectivity index (χ0) is 11.3. The van der Waals surface area contributed by atoms with Crippen molar-refractivity contribution in [2.75, 3.05) is 0 Å². The Morgan fingerprint density at radius 2 is 2.13 bits per heavy atom. The number of halogens is 1. The lowest BCUT2D eigenvalue weighted by molar-refractivity contribution is -0.111. The zero-order valence-corrected chi connectivity index (χ0v) is 9.75. The number of hydrogen-bond acceptors (Lipinski definition) is 2. The van der Waals surface area contributed by atoms with Gasteiger partial charge in [0, 0.05) is 5.56 Å². The SMILES string of the molecule is CCC(C)Oc1ccccc1CC(=O)Cl. The summed E-state index contributed by atoms with van der Waals surface area (Å²) in [6.45, 7) is 4.05. The summed E-state index contributed by atoms with van der Waals surface area (Å²) in [5, 5.41) is -0.366. The van der Waals surface area contributed by atoms with Crippen LogP contribution >= 0.6 is 11.6 Å². The summed E-state index contributed by atoms with van der Waals surface area (Å²) in [5.41, 5.74) is 0.845. The van der Waals surface area contributed by atoms with Crippen LogP contribution < -0.4 is 4.74 Å². The second-order valence-electron chi connectivity index (χ2n) is 3.48. The highest BCUT2D eigenvalue weighted by Crippen LogP contribution is 2.21. The van der Waals surface area contributed by atoms with E-state index >= 15 is 0 Å². The fourth-order valence-electron chi connectivity index (χ4n) is 1.21. The van der Waals surface area contributed by atoms with Gasteiger partial charge in [-0.05, 0) is 31.0 Å². The number of benzene rings is 1. The predicted molar refractivity (Wildman–Crippen MR) is 61.4 cm³/mol. The van der Waals surface area contributed by atoms with Crippen LogP contribution in [0.15, 0.2) is 24.3 Å². The Bertz CT molecular complexity index is 336. The Kier molecular flexibility index (Phi) is 4.63. The van der Waals surface area contributed by atoms with Crippen molar-refractivity contribution in [1.82, 2.24) is 0 Å². The molecule has 0 saturated carbocycles. The maximum atomic E-state index is 10.8. The Morgan fingerprint density at radius 1 is 1.47 bits per heavy atom. The topological polar surface area (TPSA) is 26.3 Å². The van der Waals surface area contributed by atoms with Gasteiger partial charge in [-0.1, -0.05) is 25.1 Å². The number of hydrogen-bond donors (Lipinski definition) is 0. The lowest BCUT2D eigenvalue weighted by Gasteiger charge is -2.15. The first kappa shape index (κ1) is 12.1. The van der Waals surface area contributed by atoms with E-state index < -0.39 is 0 Å². The average Bonchev–Trinajstić information content (AvgIpc) is 2.20. The van der Waals surface area contributed by atoms with Crippen molar-refractivity contribution in [3.8, 4) is 5.75 Å². The summed E-state index contributed by atoms with van der Waals surface area (Å²) in [7, 11) is 0. The molecule has 0 fully saturated rings. The third-order valence-corrected chi connectivity index (χ3v) is 2.34. The first-order chi connectivity index (χ1) is 7.13. The third kappa shape index (κ3) is 3.92. The van der Waals surface area contributed by atoms with E-state index in [2.05, 4.69) is 6.92 Å². The first-order valence-corrected chi connectivity index (χ1v) is 5.44. The van der Waals surface area contributed by atoms with E-state index in [1.807, 2.05) is 31.2 Å². The van der Waals surface area contributed by atoms with E-state index in [0.29, 0.717) is 0 Å². The molecule has 3 heteroatoms. The lowest BCUT2D eigenvalue weighted by Crippen LogP contribution is -2.11. The molecule has 1 aromatic rings. The number of ether oxygens (including phenoxy) is 1. The van der Waals surface area contributed by atoms with Crippen molar-refractivity contribution < 1.29 is 9.53 Å². The highest BCUT2D eigenvalue weighted by molar-refractivity contribution is 6.63. The van der Waals surface area contributed by atoms with Crippen molar-refractivity contribution in [3.05, 3.63) is 29.8 Å². The van der Waals surface area contributed by atoms with E-state index in [0.717, 1.165) is 17.7 Å². The molecule has 1 aromatic carbocycles. The maximum Gasteiger partial charge on any atom is 0.226 e. The van der Waals surface area contributed by atoms with Crippen molar-refractivity contribution >= 4 is 16.8 Å². The minimum absolute atomic E-state index is 0.150. The van der Waals surface area contributed by atoms with Crippen molar-refractivity contribution in [1.29, 1.82) is 0 Å². The molecule has 2 nitrogen and oxygen atoms in total. The third-order valence-electron chi connectivity index (χ3n) is 2.21. The first-order valence-electron chi connectivity index (χ1n) is 5.06. The normalized spacial score (nSPS) is 12.2. The van der Waals surface area contributed by atoms with E-state index in [4.69, 9.17) is 16.3 Å². The molecule has 0 spiro atoms. The summed E-state index contributed by atoms with van der Waals surface area (Å²) in [5.74, 6) is 0.751. The van der Waals surface area contributed by atoms with Crippen LogP contribution in [0.5, 0.6) is 5.75 Å². The van der Waals surface area contributed by atoms with Gasteiger partial charge < -0.3 is 4.74 Å². The van der Waals surface area contributed by atoms with Gasteiger partial charge in [0.2, 0.25) is 5.24 Å². The molecular weight excluding hydrogens is 212 g/mol. The summed E-state index contributed by atoms with van der Waals surface area (Å²) in [6, 6.07) is 7.48. The largest absolute Gasteiger partial charge is 0.490 e. The van der Waals surface area contributed by atoms with Crippen LogP contribution in [0.1, 0.15) is 25.8 Å². The molecule has 0 amide bonds. The minimum Gasteiger partial charge on any atom is -0.490 e. The van der Waals surface area contributed by atoms with Gasteiger partial charge in [-0.15, -0.1) is 0 Å².